The molecule has 0 aromatic carbocycles. The molecule has 7 nitrogen and oxygen atoms in total. The number of anilines is 1. The molecule has 0 unspecified atom stereocenters. The first-order valence-corrected chi connectivity index (χ1v) is 8.93. The van der Waals surface area contributed by atoms with Crippen molar-refractivity contribution in [3.05, 3.63) is 33.8 Å². The van der Waals surface area contributed by atoms with E-state index in [1.165, 1.54) is 15.3 Å². The summed E-state index contributed by atoms with van der Waals surface area (Å²) in [4.78, 5) is 27.3. The molecule has 0 N–H and O–H groups in total. The Morgan fingerprint density at radius 1 is 1.32 bits per heavy atom. The number of thiophene rings is 1. The molecule has 0 radical (unpaired) electrons. The van der Waals surface area contributed by atoms with Gasteiger partial charge in [0, 0.05) is 37.5 Å². The second-order valence-electron chi connectivity index (χ2n) is 6.46. The molecule has 25 heavy (non-hydrogen) atoms. The Hall–Kier alpha value is -2.48. The molecule has 1 aliphatic rings. The predicted octanol–water partition coefficient (Wildman–Crippen LogP) is 2.56. The largest absolute Gasteiger partial charge is 0.360 e. The van der Waals surface area contributed by atoms with Crippen LogP contribution in [0.15, 0.2) is 10.9 Å². The monoisotopic (exact) mass is 357 g/mol. The highest BCUT2D eigenvalue weighted by molar-refractivity contribution is 7.18. The molecule has 0 bridgehead atoms. The van der Waals surface area contributed by atoms with E-state index in [0.717, 1.165) is 33.9 Å². The predicted molar refractivity (Wildman–Crippen MR) is 96.2 cm³/mol. The van der Waals surface area contributed by atoms with Gasteiger partial charge in [0.05, 0.1) is 11.9 Å². The lowest BCUT2D eigenvalue weighted by atomic mass is 10.0. The summed E-state index contributed by atoms with van der Waals surface area (Å²) in [5.41, 5.74) is 2.48. The summed E-state index contributed by atoms with van der Waals surface area (Å²) < 4.78 is 5.40. The van der Waals surface area contributed by atoms with Gasteiger partial charge in [-0.2, -0.15) is 0 Å². The van der Waals surface area contributed by atoms with E-state index in [4.69, 9.17) is 4.52 Å². The first-order valence-electron chi connectivity index (χ1n) is 8.12. The summed E-state index contributed by atoms with van der Waals surface area (Å²) in [5.74, 6) is 1.58. The maximum Gasteiger partial charge on any atom is 0.275 e. The zero-order valence-electron chi connectivity index (χ0n) is 14.7. The van der Waals surface area contributed by atoms with Crippen molar-refractivity contribution in [3.8, 4) is 0 Å². The Kier molecular flexibility index (Phi) is 3.72. The molecule has 1 amide bonds. The second kappa shape index (κ2) is 5.80. The molecule has 1 aliphatic heterocycles. The van der Waals surface area contributed by atoms with Crippen molar-refractivity contribution in [1.82, 2.24) is 20.0 Å². The highest BCUT2D eigenvalue weighted by Crippen LogP contribution is 2.36. The molecule has 3 aromatic heterocycles. The van der Waals surface area contributed by atoms with E-state index in [1.807, 2.05) is 0 Å². The fourth-order valence-corrected chi connectivity index (χ4v) is 4.16. The van der Waals surface area contributed by atoms with Gasteiger partial charge in [0.25, 0.3) is 5.91 Å². The quantitative estimate of drug-likeness (QED) is 0.702. The lowest BCUT2D eigenvalue weighted by molar-refractivity contribution is 0.0816. The first-order chi connectivity index (χ1) is 12.0. The van der Waals surface area contributed by atoms with Crippen LogP contribution in [0.5, 0.6) is 0 Å². The zero-order chi connectivity index (χ0) is 17.7. The number of fused-ring (bicyclic) bond motifs is 2. The van der Waals surface area contributed by atoms with Crippen LogP contribution in [0.4, 0.5) is 5.82 Å². The number of aryl methyl sites for hydroxylation is 2. The van der Waals surface area contributed by atoms with E-state index in [2.05, 4.69) is 33.9 Å². The molecule has 3 aromatic rings. The van der Waals surface area contributed by atoms with Crippen LogP contribution >= 0.6 is 11.3 Å². The van der Waals surface area contributed by atoms with E-state index in [-0.39, 0.29) is 5.91 Å². The number of nitrogens with zero attached hydrogens (tertiary/aromatic N) is 5. The number of amides is 1. The van der Waals surface area contributed by atoms with Gasteiger partial charge >= 0.3 is 0 Å². The third-order valence-corrected chi connectivity index (χ3v) is 5.80. The zero-order valence-corrected chi connectivity index (χ0v) is 15.5. The number of rotatable bonds is 2. The van der Waals surface area contributed by atoms with Crippen LogP contribution in [0, 0.1) is 13.8 Å². The Balaban J connectivity index is 1.76. The van der Waals surface area contributed by atoms with E-state index in [1.54, 1.807) is 31.8 Å². The molecule has 0 spiro atoms. The van der Waals surface area contributed by atoms with Gasteiger partial charge in [-0.3, -0.25) is 4.79 Å². The average molecular weight is 357 g/mol. The minimum atomic E-state index is -0.137. The van der Waals surface area contributed by atoms with Gasteiger partial charge in [-0.25, -0.2) is 9.97 Å². The fourth-order valence-electron chi connectivity index (χ4n) is 3.17. The summed E-state index contributed by atoms with van der Waals surface area (Å²) in [6.45, 7) is 5.55. The number of aromatic nitrogens is 3. The second-order valence-corrected chi connectivity index (χ2v) is 7.67. The van der Waals surface area contributed by atoms with Crippen LogP contribution in [0.2, 0.25) is 0 Å². The third kappa shape index (κ3) is 2.48. The number of carbonyl (C=O) groups is 1. The third-order valence-electron chi connectivity index (χ3n) is 4.68. The minimum absolute atomic E-state index is 0.137. The van der Waals surface area contributed by atoms with E-state index in [0.29, 0.717) is 18.7 Å². The van der Waals surface area contributed by atoms with Crippen molar-refractivity contribution in [3.63, 3.8) is 0 Å². The van der Waals surface area contributed by atoms with Crippen LogP contribution in [-0.2, 0) is 13.0 Å². The van der Waals surface area contributed by atoms with Crippen LogP contribution in [0.1, 0.15) is 32.3 Å². The first kappa shape index (κ1) is 16.0. The van der Waals surface area contributed by atoms with E-state index < -0.39 is 0 Å². The lowest BCUT2D eigenvalue weighted by Crippen LogP contribution is -2.32. The molecular weight excluding hydrogens is 338 g/mol. The van der Waals surface area contributed by atoms with Crippen molar-refractivity contribution in [2.75, 3.05) is 25.5 Å². The summed E-state index contributed by atoms with van der Waals surface area (Å²) in [7, 11) is 3.44. The Morgan fingerprint density at radius 2 is 2.12 bits per heavy atom. The summed E-state index contributed by atoms with van der Waals surface area (Å²) in [5, 5.41) is 5.11. The molecule has 0 fully saturated rings. The van der Waals surface area contributed by atoms with Gasteiger partial charge in [0.15, 0.2) is 5.69 Å². The maximum atomic E-state index is 12.4. The molecule has 4 heterocycles. The number of hydrogen-bond donors (Lipinski definition) is 0. The standard InChI is InChI=1S/C17H19N5O2S/c1-9-10(2)25-16-13(9)15(18-8-19-16)22-6-5-12-11(7-22)14(20-24-12)17(23)21(3)4/h8H,5-7H2,1-4H3. The van der Waals surface area contributed by atoms with Gasteiger partial charge in [-0.15, -0.1) is 11.3 Å². The normalized spacial score (nSPS) is 14.0. The summed E-state index contributed by atoms with van der Waals surface area (Å²) in [6.07, 6.45) is 2.32. The van der Waals surface area contributed by atoms with Gasteiger partial charge in [0.2, 0.25) is 0 Å². The van der Waals surface area contributed by atoms with Crippen molar-refractivity contribution in [2.24, 2.45) is 0 Å². The molecule has 4 rings (SSSR count). The molecule has 8 heteroatoms. The van der Waals surface area contributed by atoms with Crippen molar-refractivity contribution in [1.29, 1.82) is 0 Å². The highest BCUT2D eigenvalue weighted by atomic mass is 32.1. The Morgan fingerprint density at radius 3 is 2.88 bits per heavy atom. The smallest absolute Gasteiger partial charge is 0.275 e. The number of carbonyl (C=O) groups excluding carboxylic acids is 1. The van der Waals surface area contributed by atoms with Crippen molar-refractivity contribution >= 4 is 33.3 Å². The summed E-state index contributed by atoms with van der Waals surface area (Å²) in [6, 6.07) is 0. The van der Waals surface area contributed by atoms with E-state index >= 15 is 0 Å². The van der Waals surface area contributed by atoms with Crippen molar-refractivity contribution < 1.29 is 9.32 Å². The Bertz CT molecular complexity index is 975. The van der Waals surface area contributed by atoms with Crippen LogP contribution in [-0.4, -0.2) is 46.6 Å². The molecule has 0 atom stereocenters. The average Bonchev–Trinajstić information content (AvgIpc) is 3.15. The van der Waals surface area contributed by atoms with Gasteiger partial charge in [0.1, 0.15) is 22.7 Å². The topological polar surface area (TPSA) is 75.4 Å². The highest BCUT2D eigenvalue weighted by Gasteiger charge is 2.30. The fraction of sp³-hybridized carbons (Fsp3) is 0.412. The lowest BCUT2D eigenvalue weighted by Gasteiger charge is -2.28. The van der Waals surface area contributed by atoms with Crippen LogP contribution < -0.4 is 4.90 Å². The minimum Gasteiger partial charge on any atom is -0.360 e. The maximum absolute atomic E-state index is 12.4. The SMILES string of the molecule is Cc1sc2ncnc(N3CCc4onc(C(=O)N(C)C)c4C3)c2c1C. The van der Waals surface area contributed by atoms with Crippen LogP contribution in [0.25, 0.3) is 10.2 Å². The van der Waals surface area contributed by atoms with E-state index in [9.17, 15) is 4.79 Å². The number of hydrogen-bond acceptors (Lipinski definition) is 7. The van der Waals surface area contributed by atoms with Gasteiger partial charge < -0.3 is 14.3 Å². The van der Waals surface area contributed by atoms with Gasteiger partial charge in [-0.1, -0.05) is 5.16 Å². The molecule has 0 saturated carbocycles. The molecular formula is C17H19N5O2S. The molecule has 0 aliphatic carbocycles. The molecule has 130 valence electrons. The molecule has 0 saturated heterocycles. The van der Waals surface area contributed by atoms with Crippen LogP contribution in [0.3, 0.4) is 0 Å². The summed E-state index contributed by atoms with van der Waals surface area (Å²) >= 11 is 1.69. The van der Waals surface area contributed by atoms with Crippen molar-refractivity contribution in [2.45, 2.75) is 26.8 Å². The Labute approximate surface area is 149 Å². The van der Waals surface area contributed by atoms with Gasteiger partial charge in [-0.05, 0) is 19.4 Å².